The molecule has 1 aromatic rings. The zero-order chi connectivity index (χ0) is 17.5. The molecule has 0 spiro atoms. The van der Waals surface area contributed by atoms with Gasteiger partial charge in [-0.3, -0.25) is 9.59 Å². The monoisotopic (exact) mass is 333 g/mol. The Hall–Kier alpha value is -2.54. The molecule has 0 radical (unpaired) electrons. The van der Waals surface area contributed by atoms with E-state index in [4.69, 9.17) is 14.2 Å². The Balaban J connectivity index is 1.90. The van der Waals surface area contributed by atoms with Crippen LogP contribution in [-0.2, 0) is 14.3 Å². The molecule has 2 N–H and O–H groups in total. The number of rotatable bonds is 5. The molecular weight excluding hydrogens is 314 g/mol. The number of nitrogens with one attached hydrogen (secondary N) is 1. The fraction of sp³-hybridized carbons (Fsp3) is 0.412. The molecule has 2 aliphatic rings. The highest BCUT2D eigenvalue weighted by atomic mass is 16.5. The van der Waals surface area contributed by atoms with Crippen LogP contribution in [0.15, 0.2) is 30.4 Å². The van der Waals surface area contributed by atoms with Crippen molar-refractivity contribution in [3.63, 3.8) is 0 Å². The van der Waals surface area contributed by atoms with Gasteiger partial charge in [0, 0.05) is 6.07 Å². The largest absolute Gasteiger partial charge is 0.497 e. The number of anilines is 1. The minimum atomic E-state index is -1.05. The highest BCUT2D eigenvalue weighted by molar-refractivity contribution is 5.98. The number of hydrogen-bond acceptors (Lipinski definition) is 5. The van der Waals surface area contributed by atoms with Crippen LogP contribution in [0.4, 0.5) is 5.69 Å². The number of carboxylic acids is 1. The highest BCUT2D eigenvalue weighted by Gasteiger charge is 2.59. The Morgan fingerprint density at radius 2 is 2.04 bits per heavy atom. The molecule has 1 fully saturated rings. The van der Waals surface area contributed by atoms with Crippen molar-refractivity contribution in [3.8, 4) is 11.5 Å². The van der Waals surface area contributed by atoms with Gasteiger partial charge in [-0.25, -0.2) is 0 Å². The first-order valence-corrected chi connectivity index (χ1v) is 7.52. The SMILES string of the molecule is COc1ccc(OC)c(NC(=O)[C@H]2[C@@H](C(=O)O)[C@H]3C=C[C@@]2(C)O3)c1. The molecule has 4 atom stereocenters. The van der Waals surface area contributed by atoms with E-state index in [0.717, 1.165) is 0 Å². The lowest BCUT2D eigenvalue weighted by molar-refractivity contribution is -0.146. The van der Waals surface area contributed by atoms with Crippen molar-refractivity contribution < 1.29 is 28.9 Å². The molecule has 1 aromatic carbocycles. The number of amides is 1. The van der Waals surface area contributed by atoms with Gasteiger partial charge in [0.1, 0.15) is 17.4 Å². The van der Waals surface area contributed by atoms with Crippen LogP contribution in [-0.4, -0.2) is 42.9 Å². The number of ether oxygens (including phenoxy) is 3. The topological polar surface area (TPSA) is 94.1 Å². The van der Waals surface area contributed by atoms with Crippen molar-refractivity contribution in [3.05, 3.63) is 30.4 Å². The van der Waals surface area contributed by atoms with Crippen LogP contribution in [0.25, 0.3) is 0 Å². The highest BCUT2D eigenvalue weighted by Crippen LogP contribution is 2.47. The summed E-state index contributed by atoms with van der Waals surface area (Å²) < 4.78 is 16.1. The Bertz CT molecular complexity index is 715. The summed E-state index contributed by atoms with van der Waals surface area (Å²) >= 11 is 0. The van der Waals surface area contributed by atoms with Crippen molar-refractivity contribution in [2.45, 2.75) is 18.6 Å². The zero-order valence-electron chi connectivity index (χ0n) is 13.6. The molecule has 0 saturated carbocycles. The summed E-state index contributed by atoms with van der Waals surface area (Å²) in [5.74, 6) is -2.22. The summed E-state index contributed by atoms with van der Waals surface area (Å²) in [5.41, 5.74) is -0.509. The Morgan fingerprint density at radius 3 is 2.67 bits per heavy atom. The van der Waals surface area contributed by atoms with E-state index in [1.807, 2.05) is 0 Å². The van der Waals surface area contributed by atoms with Gasteiger partial charge in [0.25, 0.3) is 0 Å². The molecule has 0 unspecified atom stereocenters. The van der Waals surface area contributed by atoms with Crippen LogP contribution in [0.1, 0.15) is 6.92 Å². The third-order valence-corrected chi connectivity index (χ3v) is 4.57. The van der Waals surface area contributed by atoms with Gasteiger partial charge in [0.2, 0.25) is 5.91 Å². The lowest BCUT2D eigenvalue weighted by Crippen LogP contribution is -2.44. The van der Waals surface area contributed by atoms with E-state index in [-0.39, 0.29) is 0 Å². The lowest BCUT2D eigenvalue weighted by atomic mass is 9.75. The summed E-state index contributed by atoms with van der Waals surface area (Å²) in [7, 11) is 3.01. The van der Waals surface area contributed by atoms with Crippen molar-refractivity contribution in [1.82, 2.24) is 0 Å². The minimum absolute atomic E-state index is 0.418. The molecule has 2 aliphatic heterocycles. The number of carbonyl (C=O) groups excluding carboxylic acids is 1. The Labute approximate surface area is 139 Å². The van der Waals surface area contributed by atoms with Crippen molar-refractivity contribution in [1.29, 1.82) is 0 Å². The normalized spacial score (nSPS) is 30.2. The van der Waals surface area contributed by atoms with Gasteiger partial charge in [-0.05, 0) is 19.1 Å². The van der Waals surface area contributed by atoms with E-state index >= 15 is 0 Å². The summed E-state index contributed by atoms with van der Waals surface area (Å²) in [6.07, 6.45) is 2.87. The second-order valence-corrected chi connectivity index (χ2v) is 6.02. The third-order valence-electron chi connectivity index (χ3n) is 4.57. The average Bonchev–Trinajstić information content (AvgIpc) is 3.07. The number of carbonyl (C=O) groups is 2. The summed E-state index contributed by atoms with van der Waals surface area (Å²) in [5, 5.41) is 12.2. The standard InChI is InChI=1S/C17H19NO6/c1-17-7-6-12(24-17)13(16(20)21)14(17)15(19)18-10-8-9(22-2)4-5-11(10)23-3/h4-8,12-14H,1-3H3,(H,18,19)(H,20,21)/t12-,13+,14-,17-/m1/s1. The third kappa shape index (κ3) is 2.50. The predicted octanol–water partition coefficient (Wildman–Crippen LogP) is 1.69. The molecule has 7 nitrogen and oxygen atoms in total. The average molecular weight is 333 g/mol. The number of methoxy groups -OCH3 is 2. The summed E-state index contributed by atoms with van der Waals surface area (Å²) in [4.78, 5) is 24.4. The second kappa shape index (κ2) is 5.83. The molecule has 128 valence electrons. The number of aliphatic carboxylic acids is 1. The summed E-state index contributed by atoms with van der Waals surface area (Å²) in [6, 6.07) is 5.00. The predicted molar refractivity (Wildman–Crippen MR) is 85.2 cm³/mol. The maximum absolute atomic E-state index is 12.8. The van der Waals surface area contributed by atoms with Crippen molar-refractivity contribution in [2.24, 2.45) is 11.8 Å². The Kier molecular flexibility index (Phi) is 3.96. The molecule has 2 heterocycles. The number of benzene rings is 1. The molecule has 24 heavy (non-hydrogen) atoms. The van der Waals surface area contributed by atoms with Gasteiger partial charge >= 0.3 is 5.97 Å². The molecule has 3 rings (SSSR count). The first-order valence-electron chi connectivity index (χ1n) is 7.52. The van der Waals surface area contributed by atoms with E-state index < -0.39 is 35.4 Å². The fourth-order valence-corrected chi connectivity index (χ4v) is 3.40. The number of hydrogen-bond donors (Lipinski definition) is 2. The quantitative estimate of drug-likeness (QED) is 0.796. The van der Waals surface area contributed by atoms with E-state index in [1.165, 1.54) is 14.2 Å². The smallest absolute Gasteiger partial charge is 0.310 e. The number of fused-ring (bicyclic) bond motifs is 2. The van der Waals surface area contributed by atoms with Crippen LogP contribution < -0.4 is 14.8 Å². The zero-order valence-corrected chi connectivity index (χ0v) is 13.6. The Morgan fingerprint density at radius 1 is 1.29 bits per heavy atom. The van der Waals surface area contributed by atoms with Gasteiger partial charge in [-0.1, -0.05) is 12.2 Å². The van der Waals surface area contributed by atoms with E-state index in [2.05, 4.69) is 5.32 Å². The van der Waals surface area contributed by atoms with Crippen LogP contribution in [0.3, 0.4) is 0 Å². The van der Waals surface area contributed by atoms with E-state index in [1.54, 1.807) is 37.3 Å². The van der Waals surface area contributed by atoms with Gasteiger partial charge in [0.15, 0.2) is 0 Å². The van der Waals surface area contributed by atoms with Crippen LogP contribution in [0.2, 0.25) is 0 Å². The maximum Gasteiger partial charge on any atom is 0.310 e. The molecule has 7 heteroatoms. The molecule has 0 aromatic heterocycles. The van der Waals surface area contributed by atoms with Crippen LogP contribution in [0.5, 0.6) is 11.5 Å². The molecule has 1 saturated heterocycles. The first kappa shape index (κ1) is 16.3. The van der Waals surface area contributed by atoms with E-state index in [9.17, 15) is 14.7 Å². The molecule has 1 amide bonds. The van der Waals surface area contributed by atoms with Gasteiger partial charge in [0.05, 0.1) is 37.5 Å². The molecular formula is C17H19NO6. The van der Waals surface area contributed by atoms with E-state index in [0.29, 0.717) is 17.2 Å². The van der Waals surface area contributed by atoms with Crippen LogP contribution >= 0.6 is 0 Å². The fourth-order valence-electron chi connectivity index (χ4n) is 3.40. The van der Waals surface area contributed by atoms with Gasteiger partial charge in [-0.2, -0.15) is 0 Å². The van der Waals surface area contributed by atoms with Crippen molar-refractivity contribution >= 4 is 17.6 Å². The van der Waals surface area contributed by atoms with Crippen LogP contribution in [0, 0.1) is 11.8 Å². The molecule has 2 bridgehead atoms. The van der Waals surface area contributed by atoms with Gasteiger partial charge in [-0.15, -0.1) is 0 Å². The van der Waals surface area contributed by atoms with Crippen molar-refractivity contribution in [2.75, 3.05) is 19.5 Å². The van der Waals surface area contributed by atoms with Gasteiger partial charge < -0.3 is 24.6 Å². The summed E-state index contributed by atoms with van der Waals surface area (Å²) in [6.45, 7) is 1.72. The number of carboxylic acid groups (broad SMARTS) is 1. The first-order chi connectivity index (χ1) is 11.4. The lowest BCUT2D eigenvalue weighted by Gasteiger charge is -2.28. The molecule has 0 aliphatic carbocycles. The maximum atomic E-state index is 12.8. The minimum Gasteiger partial charge on any atom is -0.497 e. The second-order valence-electron chi connectivity index (χ2n) is 6.02.